The zero-order valence-corrected chi connectivity index (χ0v) is 16.9. The van der Waals surface area contributed by atoms with E-state index in [-0.39, 0.29) is 0 Å². The van der Waals surface area contributed by atoms with E-state index in [9.17, 15) is 0 Å². The lowest BCUT2D eigenvalue weighted by atomic mass is 9.99. The van der Waals surface area contributed by atoms with Crippen LogP contribution < -0.4 is 9.80 Å². The highest BCUT2D eigenvalue weighted by atomic mass is 15.3. The van der Waals surface area contributed by atoms with Gasteiger partial charge in [-0.2, -0.15) is 0 Å². The number of aryl methyl sites for hydroxylation is 1. The first kappa shape index (κ1) is 17.6. The third-order valence-electron chi connectivity index (χ3n) is 6.59. The summed E-state index contributed by atoms with van der Waals surface area (Å²) in [5.74, 6) is 0. The van der Waals surface area contributed by atoms with Gasteiger partial charge in [0, 0.05) is 29.3 Å². The first-order valence-electron chi connectivity index (χ1n) is 10.9. The molecular formula is C26H30N2. The summed E-state index contributed by atoms with van der Waals surface area (Å²) in [4.78, 5) is 5.31. The van der Waals surface area contributed by atoms with Crippen molar-refractivity contribution in [1.82, 2.24) is 0 Å². The fourth-order valence-corrected chi connectivity index (χ4v) is 5.07. The van der Waals surface area contributed by atoms with Crippen LogP contribution in [0, 0.1) is 6.92 Å². The summed E-state index contributed by atoms with van der Waals surface area (Å²) in [7, 11) is 0. The lowest BCUT2D eigenvalue weighted by molar-refractivity contribution is 0.515. The standard InChI is InChI=1S/C26H30N2/c1-20-14-16-21(17-15-20)18-27-19-28(23-10-4-2-3-5-11-23)25-13-7-9-22-8-6-12-24(27)26(22)25/h6-9,12-17,23H,2-5,10-11,18-19H2,1H3. The highest BCUT2D eigenvalue weighted by Gasteiger charge is 2.29. The monoisotopic (exact) mass is 370 g/mol. The van der Waals surface area contributed by atoms with Gasteiger partial charge in [0.15, 0.2) is 0 Å². The minimum absolute atomic E-state index is 0.668. The van der Waals surface area contributed by atoms with E-state index in [1.807, 2.05) is 0 Å². The average Bonchev–Trinajstić information content (AvgIpc) is 3.01. The maximum atomic E-state index is 2.72. The van der Waals surface area contributed by atoms with Crippen LogP contribution in [0.4, 0.5) is 11.4 Å². The second-order valence-corrected chi connectivity index (χ2v) is 8.59. The largest absolute Gasteiger partial charge is 0.350 e. The van der Waals surface area contributed by atoms with Crippen molar-refractivity contribution in [2.24, 2.45) is 0 Å². The van der Waals surface area contributed by atoms with Gasteiger partial charge in [0.05, 0.1) is 6.67 Å². The van der Waals surface area contributed by atoms with Crippen molar-refractivity contribution in [3.8, 4) is 0 Å². The Morgan fingerprint density at radius 3 is 2.18 bits per heavy atom. The van der Waals surface area contributed by atoms with Gasteiger partial charge >= 0.3 is 0 Å². The molecule has 1 fully saturated rings. The van der Waals surface area contributed by atoms with Crippen molar-refractivity contribution in [3.05, 3.63) is 71.8 Å². The SMILES string of the molecule is Cc1ccc(CN2CN(C3CCCCCC3)c3cccc4cccc2c34)cc1. The Labute approximate surface area is 168 Å². The molecule has 2 nitrogen and oxygen atoms in total. The fourth-order valence-electron chi connectivity index (χ4n) is 5.07. The third kappa shape index (κ3) is 3.26. The second-order valence-electron chi connectivity index (χ2n) is 8.59. The quantitative estimate of drug-likeness (QED) is 0.476. The Balaban J connectivity index is 1.57. The Morgan fingerprint density at radius 2 is 1.46 bits per heavy atom. The van der Waals surface area contributed by atoms with E-state index in [4.69, 9.17) is 0 Å². The van der Waals surface area contributed by atoms with E-state index in [1.165, 1.54) is 71.8 Å². The van der Waals surface area contributed by atoms with Crippen LogP contribution >= 0.6 is 0 Å². The molecule has 0 amide bonds. The number of nitrogens with zero attached hydrogens (tertiary/aromatic N) is 2. The Bertz CT molecular complexity index is 947. The van der Waals surface area contributed by atoms with E-state index in [1.54, 1.807) is 0 Å². The molecule has 1 aliphatic heterocycles. The molecule has 144 valence electrons. The first-order chi connectivity index (χ1) is 13.8. The molecular weight excluding hydrogens is 340 g/mol. The molecule has 1 heterocycles. The Morgan fingerprint density at radius 1 is 0.786 bits per heavy atom. The van der Waals surface area contributed by atoms with Crippen molar-refractivity contribution >= 4 is 22.1 Å². The summed E-state index contributed by atoms with van der Waals surface area (Å²) >= 11 is 0. The lowest BCUT2D eigenvalue weighted by Gasteiger charge is -2.43. The van der Waals surface area contributed by atoms with E-state index >= 15 is 0 Å². The molecule has 2 heteroatoms. The average molecular weight is 371 g/mol. The Kier molecular flexibility index (Phi) is 4.72. The minimum Gasteiger partial charge on any atom is -0.350 e. The van der Waals surface area contributed by atoms with E-state index in [0.29, 0.717) is 6.04 Å². The van der Waals surface area contributed by atoms with Gasteiger partial charge in [0.25, 0.3) is 0 Å². The molecule has 0 bridgehead atoms. The van der Waals surface area contributed by atoms with Gasteiger partial charge in [-0.1, -0.05) is 79.8 Å². The lowest BCUT2D eigenvalue weighted by Crippen LogP contribution is -2.46. The molecule has 3 aromatic carbocycles. The van der Waals surface area contributed by atoms with Gasteiger partial charge in [0.1, 0.15) is 0 Å². The van der Waals surface area contributed by atoms with Crippen molar-refractivity contribution in [1.29, 1.82) is 0 Å². The van der Waals surface area contributed by atoms with Crippen LogP contribution in [0.15, 0.2) is 60.7 Å². The van der Waals surface area contributed by atoms with Gasteiger partial charge in [-0.05, 0) is 42.8 Å². The van der Waals surface area contributed by atoms with Crippen LogP contribution in [0.1, 0.15) is 49.7 Å². The molecule has 0 aromatic heterocycles. The number of hydrogen-bond donors (Lipinski definition) is 0. The second kappa shape index (κ2) is 7.50. The van der Waals surface area contributed by atoms with Crippen LogP contribution in [0.25, 0.3) is 10.8 Å². The molecule has 5 rings (SSSR count). The normalized spacial score (nSPS) is 17.8. The van der Waals surface area contributed by atoms with E-state index in [0.717, 1.165) is 13.2 Å². The maximum absolute atomic E-state index is 2.72. The van der Waals surface area contributed by atoms with Crippen molar-refractivity contribution < 1.29 is 0 Å². The van der Waals surface area contributed by atoms with Crippen LogP contribution in [0.3, 0.4) is 0 Å². The molecule has 1 saturated carbocycles. The highest BCUT2D eigenvalue weighted by molar-refractivity contribution is 6.05. The zero-order chi connectivity index (χ0) is 18.9. The third-order valence-corrected chi connectivity index (χ3v) is 6.59. The summed E-state index contributed by atoms with van der Waals surface area (Å²) in [5, 5.41) is 2.80. The minimum atomic E-state index is 0.668. The topological polar surface area (TPSA) is 6.48 Å². The molecule has 0 radical (unpaired) electrons. The predicted octanol–water partition coefficient (Wildman–Crippen LogP) is 6.66. The summed E-state index contributed by atoms with van der Waals surface area (Å²) in [5.41, 5.74) is 5.55. The molecule has 1 aliphatic carbocycles. The summed E-state index contributed by atoms with van der Waals surface area (Å²) in [6.45, 7) is 4.13. The Hall–Kier alpha value is -2.48. The molecule has 28 heavy (non-hydrogen) atoms. The number of benzene rings is 3. The molecule has 0 saturated heterocycles. The summed E-state index contributed by atoms with van der Waals surface area (Å²) in [6.07, 6.45) is 8.21. The van der Waals surface area contributed by atoms with Gasteiger partial charge in [0.2, 0.25) is 0 Å². The van der Waals surface area contributed by atoms with Crippen molar-refractivity contribution in [3.63, 3.8) is 0 Å². The zero-order valence-electron chi connectivity index (χ0n) is 16.9. The highest BCUT2D eigenvalue weighted by Crippen LogP contribution is 2.42. The van der Waals surface area contributed by atoms with Crippen LogP contribution in [0.5, 0.6) is 0 Å². The summed E-state index contributed by atoms with van der Waals surface area (Å²) < 4.78 is 0. The molecule has 3 aromatic rings. The molecule has 0 spiro atoms. The maximum Gasteiger partial charge on any atom is 0.0909 e. The molecule has 2 aliphatic rings. The predicted molar refractivity (Wildman–Crippen MR) is 120 cm³/mol. The van der Waals surface area contributed by atoms with Gasteiger partial charge in [-0.15, -0.1) is 0 Å². The smallest absolute Gasteiger partial charge is 0.0909 e. The number of rotatable bonds is 3. The first-order valence-corrected chi connectivity index (χ1v) is 10.9. The van der Waals surface area contributed by atoms with Crippen LogP contribution in [-0.4, -0.2) is 12.7 Å². The van der Waals surface area contributed by atoms with Crippen LogP contribution in [0.2, 0.25) is 0 Å². The molecule has 0 atom stereocenters. The number of anilines is 2. The molecule has 0 unspecified atom stereocenters. The number of hydrogen-bond acceptors (Lipinski definition) is 2. The van der Waals surface area contributed by atoms with Gasteiger partial charge < -0.3 is 9.80 Å². The van der Waals surface area contributed by atoms with E-state index < -0.39 is 0 Å². The van der Waals surface area contributed by atoms with Crippen molar-refractivity contribution in [2.45, 2.75) is 58.0 Å². The summed E-state index contributed by atoms with van der Waals surface area (Å²) in [6, 6.07) is 23.3. The van der Waals surface area contributed by atoms with Gasteiger partial charge in [-0.25, -0.2) is 0 Å². The van der Waals surface area contributed by atoms with Crippen LogP contribution in [-0.2, 0) is 6.54 Å². The van der Waals surface area contributed by atoms with E-state index in [2.05, 4.69) is 77.4 Å². The fraction of sp³-hybridized carbons (Fsp3) is 0.385. The molecule has 0 N–H and O–H groups in total. The van der Waals surface area contributed by atoms with Gasteiger partial charge in [-0.3, -0.25) is 0 Å². The van der Waals surface area contributed by atoms with Crippen molar-refractivity contribution in [2.75, 3.05) is 16.5 Å².